The lowest BCUT2D eigenvalue weighted by Crippen LogP contribution is -2.33. The highest BCUT2D eigenvalue weighted by atomic mass is 16.2. The number of aromatic nitrogens is 2. The Morgan fingerprint density at radius 3 is 2.88 bits per heavy atom. The quantitative estimate of drug-likeness (QED) is 0.674. The Labute approximate surface area is 188 Å². The SMILES string of the molecule is CN(CCC1CCCN1C)C(=O)c1cccc(-c2nc3cccc4c3n2CCNC4=O)c1. The summed E-state index contributed by atoms with van der Waals surface area (Å²) in [6, 6.07) is 13.9. The lowest BCUT2D eigenvalue weighted by atomic mass is 10.1. The molecular weight excluding hydrogens is 402 g/mol. The first-order valence-electron chi connectivity index (χ1n) is 11.4. The molecule has 1 atom stereocenters. The van der Waals surface area contributed by atoms with Crippen molar-refractivity contribution in [1.82, 2.24) is 24.7 Å². The normalized spacial score (nSPS) is 18.6. The summed E-state index contributed by atoms with van der Waals surface area (Å²) >= 11 is 0. The van der Waals surface area contributed by atoms with Crippen molar-refractivity contribution in [1.29, 1.82) is 0 Å². The number of para-hydroxylation sites is 1. The van der Waals surface area contributed by atoms with Crippen LogP contribution in [-0.4, -0.2) is 70.9 Å². The summed E-state index contributed by atoms with van der Waals surface area (Å²) in [5.41, 5.74) is 3.84. The average Bonchev–Trinajstić information content (AvgIpc) is 3.34. The highest BCUT2D eigenvalue weighted by Gasteiger charge is 2.24. The standard InChI is InChI=1S/C25H29N5O2/c1-28-13-5-8-19(28)11-14-29(2)25(32)18-7-3-6-17(16-18)23-27-21-10-4-9-20-22(21)30(23)15-12-26-24(20)31/h3-4,6-7,9-10,16,19H,5,8,11-15H2,1-2H3,(H,26,31). The number of benzene rings is 2. The third-order valence-electron chi connectivity index (χ3n) is 6.82. The third kappa shape index (κ3) is 3.66. The van der Waals surface area contributed by atoms with Crippen LogP contribution < -0.4 is 5.32 Å². The van der Waals surface area contributed by atoms with Gasteiger partial charge in [-0.1, -0.05) is 18.2 Å². The molecule has 2 amide bonds. The molecule has 7 nitrogen and oxygen atoms in total. The molecule has 1 unspecified atom stereocenters. The fourth-order valence-electron chi connectivity index (χ4n) is 4.98. The molecule has 32 heavy (non-hydrogen) atoms. The van der Waals surface area contributed by atoms with Gasteiger partial charge in [-0.25, -0.2) is 4.98 Å². The number of carbonyl (C=O) groups excluding carboxylic acids is 2. The summed E-state index contributed by atoms with van der Waals surface area (Å²) in [5.74, 6) is 0.741. The van der Waals surface area contributed by atoms with Crippen molar-refractivity contribution in [3.8, 4) is 11.4 Å². The van der Waals surface area contributed by atoms with E-state index in [2.05, 4.69) is 21.8 Å². The Morgan fingerprint density at radius 1 is 1.22 bits per heavy atom. The summed E-state index contributed by atoms with van der Waals surface area (Å²) in [4.78, 5) is 34.6. The predicted octanol–water partition coefficient (Wildman–Crippen LogP) is 3.00. The van der Waals surface area contributed by atoms with E-state index in [1.54, 1.807) is 0 Å². The molecule has 2 aromatic carbocycles. The van der Waals surface area contributed by atoms with Crippen molar-refractivity contribution in [2.75, 3.05) is 33.7 Å². The summed E-state index contributed by atoms with van der Waals surface area (Å²) in [6.07, 6.45) is 3.45. The lowest BCUT2D eigenvalue weighted by Gasteiger charge is -2.23. The van der Waals surface area contributed by atoms with E-state index in [9.17, 15) is 9.59 Å². The Morgan fingerprint density at radius 2 is 2.06 bits per heavy atom. The van der Waals surface area contributed by atoms with Crippen LogP contribution in [0.15, 0.2) is 42.5 Å². The van der Waals surface area contributed by atoms with Gasteiger partial charge in [-0.05, 0) is 57.1 Å². The van der Waals surface area contributed by atoms with E-state index >= 15 is 0 Å². The van der Waals surface area contributed by atoms with Crippen LogP contribution in [0.5, 0.6) is 0 Å². The zero-order valence-electron chi connectivity index (χ0n) is 18.7. The molecule has 0 bridgehead atoms. The number of amides is 2. The maximum Gasteiger partial charge on any atom is 0.253 e. The minimum Gasteiger partial charge on any atom is -0.350 e. The lowest BCUT2D eigenvalue weighted by molar-refractivity contribution is 0.0783. The molecule has 0 aliphatic carbocycles. The molecule has 5 rings (SSSR count). The molecule has 3 aromatic rings. The number of rotatable bonds is 5. The zero-order valence-corrected chi connectivity index (χ0v) is 18.7. The highest BCUT2D eigenvalue weighted by Crippen LogP contribution is 2.29. The second kappa shape index (κ2) is 8.39. The second-order valence-electron chi connectivity index (χ2n) is 8.89. The van der Waals surface area contributed by atoms with Crippen molar-refractivity contribution in [2.45, 2.75) is 31.8 Å². The molecule has 2 aliphatic rings. The largest absolute Gasteiger partial charge is 0.350 e. The van der Waals surface area contributed by atoms with Crippen molar-refractivity contribution >= 4 is 22.8 Å². The molecule has 1 aromatic heterocycles. The number of imidazole rings is 1. The minimum atomic E-state index is -0.0701. The third-order valence-corrected chi connectivity index (χ3v) is 6.82. The van der Waals surface area contributed by atoms with Gasteiger partial charge < -0.3 is 19.7 Å². The van der Waals surface area contributed by atoms with Crippen molar-refractivity contribution in [2.24, 2.45) is 0 Å². The Balaban J connectivity index is 1.42. The summed E-state index contributed by atoms with van der Waals surface area (Å²) < 4.78 is 2.09. The first kappa shape index (κ1) is 20.7. The molecule has 1 saturated heterocycles. The summed E-state index contributed by atoms with van der Waals surface area (Å²) in [5, 5.41) is 2.95. The molecule has 1 N–H and O–H groups in total. The fraction of sp³-hybridized carbons (Fsp3) is 0.400. The van der Waals surface area contributed by atoms with Gasteiger partial charge in [-0.3, -0.25) is 9.59 Å². The van der Waals surface area contributed by atoms with Crippen LogP contribution in [0.3, 0.4) is 0 Å². The fourth-order valence-corrected chi connectivity index (χ4v) is 4.98. The Kier molecular flexibility index (Phi) is 5.43. The number of nitrogens with zero attached hydrogens (tertiary/aromatic N) is 4. The summed E-state index contributed by atoms with van der Waals surface area (Å²) in [7, 11) is 4.05. The Bertz CT molecular complexity index is 1180. The van der Waals surface area contributed by atoms with Crippen LogP contribution in [0.2, 0.25) is 0 Å². The van der Waals surface area contributed by atoms with Crippen molar-refractivity contribution in [3.63, 3.8) is 0 Å². The number of hydrogen-bond donors (Lipinski definition) is 1. The molecule has 0 radical (unpaired) electrons. The maximum atomic E-state index is 13.1. The van der Waals surface area contributed by atoms with Gasteiger partial charge in [-0.15, -0.1) is 0 Å². The smallest absolute Gasteiger partial charge is 0.253 e. The van der Waals surface area contributed by atoms with E-state index in [0.717, 1.165) is 41.9 Å². The Hall–Kier alpha value is -3.19. The molecule has 166 valence electrons. The van der Waals surface area contributed by atoms with Gasteiger partial charge in [0.05, 0.1) is 16.6 Å². The number of likely N-dealkylation sites (tertiary alicyclic amines) is 1. The summed E-state index contributed by atoms with van der Waals surface area (Å²) in [6.45, 7) is 3.08. The van der Waals surface area contributed by atoms with Crippen LogP contribution in [0, 0.1) is 0 Å². The van der Waals surface area contributed by atoms with Gasteiger partial charge in [0.2, 0.25) is 0 Å². The van der Waals surface area contributed by atoms with Gasteiger partial charge in [0.1, 0.15) is 5.82 Å². The van der Waals surface area contributed by atoms with Gasteiger partial charge in [-0.2, -0.15) is 0 Å². The van der Waals surface area contributed by atoms with E-state index in [4.69, 9.17) is 4.98 Å². The van der Waals surface area contributed by atoms with E-state index < -0.39 is 0 Å². The number of carbonyl (C=O) groups is 2. The predicted molar refractivity (Wildman–Crippen MR) is 125 cm³/mol. The zero-order chi connectivity index (χ0) is 22.2. The number of hydrogen-bond acceptors (Lipinski definition) is 4. The van der Waals surface area contributed by atoms with Crippen LogP contribution in [-0.2, 0) is 6.54 Å². The van der Waals surface area contributed by atoms with Gasteiger partial charge in [0.15, 0.2) is 0 Å². The van der Waals surface area contributed by atoms with E-state index in [1.807, 2.05) is 54.4 Å². The molecule has 2 aliphatic heterocycles. The second-order valence-corrected chi connectivity index (χ2v) is 8.89. The minimum absolute atomic E-state index is 0.0250. The topological polar surface area (TPSA) is 70.5 Å². The maximum absolute atomic E-state index is 13.1. The molecule has 0 spiro atoms. The van der Waals surface area contributed by atoms with Crippen LogP contribution in [0.25, 0.3) is 22.4 Å². The van der Waals surface area contributed by atoms with E-state index in [-0.39, 0.29) is 11.8 Å². The molecule has 1 fully saturated rings. The van der Waals surface area contributed by atoms with Crippen LogP contribution in [0.1, 0.15) is 40.0 Å². The molecule has 7 heteroatoms. The first-order valence-corrected chi connectivity index (χ1v) is 11.4. The van der Waals surface area contributed by atoms with Gasteiger partial charge >= 0.3 is 0 Å². The van der Waals surface area contributed by atoms with Crippen molar-refractivity contribution in [3.05, 3.63) is 53.6 Å². The van der Waals surface area contributed by atoms with Crippen LogP contribution in [0.4, 0.5) is 0 Å². The van der Waals surface area contributed by atoms with Crippen molar-refractivity contribution < 1.29 is 9.59 Å². The highest BCUT2D eigenvalue weighted by molar-refractivity contribution is 6.06. The average molecular weight is 432 g/mol. The van der Waals surface area contributed by atoms with E-state index in [0.29, 0.717) is 30.3 Å². The monoisotopic (exact) mass is 431 g/mol. The number of nitrogens with one attached hydrogen (secondary N) is 1. The van der Waals surface area contributed by atoms with Gasteiger partial charge in [0, 0.05) is 43.9 Å². The van der Waals surface area contributed by atoms with Gasteiger partial charge in [0.25, 0.3) is 11.8 Å². The van der Waals surface area contributed by atoms with Crippen LogP contribution >= 0.6 is 0 Å². The molecular formula is C25H29N5O2. The van der Waals surface area contributed by atoms with E-state index in [1.165, 1.54) is 12.8 Å². The first-order chi connectivity index (χ1) is 15.5. The molecule has 3 heterocycles. The molecule has 0 saturated carbocycles.